The molecule has 4 N–H and O–H groups in total. The molecule has 1 aromatic rings. The third-order valence-corrected chi connectivity index (χ3v) is 3.57. The maximum Gasteiger partial charge on any atom is 0.253 e. The van der Waals surface area contributed by atoms with E-state index >= 15 is 0 Å². The number of rotatable bonds is 3. The molecule has 0 saturated carbocycles. The van der Waals surface area contributed by atoms with Crippen molar-refractivity contribution in [2.75, 3.05) is 18.9 Å². The van der Waals surface area contributed by atoms with Gasteiger partial charge in [0.25, 0.3) is 5.91 Å². The molecule has 1 aromatic heterocycles. The molecule has 1 aliphatic rings. The van der Waals surface area contributed by atoms with Gasteiger partial charge in [-0.25, -0.2) is 0 Å². The molecular formula is C13H19N3O3. The van der Waals surface area contributed by atoms with Crippen molar-refractivity contribution in [3.63, 3.8) is 0 Å². The van der Waals surface area contributed by atoms with Crippen LogP contribution in [0.25, 0.3) is 0 Å². The molecule has 2 rings (SSSR count). The number of nitrogens with one attached hydrogen (secondary N) is 1. The van der Waals surface area contributed by atoms with Gasteiger partial charge in [0.1, 0.15) is 5.60 Å². The molecule has 1 saturated heterocycles. The highest BCUT2D eigenvalue weighted by Gasteiger charge is 2.39. The smallest absolute Gasteiger partial charge is 0.253 e. The van der Waals surface area contributed by atoms with Gasteiger partial charge in [-0.1, -0.05) is 0 Å². The van der Waals surface area contributed by atoms with Crippen LogP contribution in [-0.2, 0) is 4.74 Å². The van der Waals surface area contributed by atoms with Crippen molar-refractivity contribution < 1.29 is 14.6 Å². The topological polar surface area (TPSA) is 97.5 Å². The Morgan fingerprint density at radius 3 is 3.11 bits per heavy atom. The number of amides is 1. The zero-order valence-corrected chi connectivity index (χ0v) is 11.1. The Hall–Kier alpha value is -1.66. The van der Waals surface area contributed by atoms with Crippen molar-refractivity contribution in [3.05, 3.63) is 23.5 Å². The number of carbonyl (C=O) groups is 1. The van der Waals surface area contributed by atoms with Crippen LogP contribution >= 0.6 is 0 Å². The van der Waals surface area contributed by atoms with Gasteiger partial charge in [-0.05, 0) is 19.9 Å². The number of carbonyl (C=O) groups excluding carboxylic acids is 1. The van der Waals surface area contributed by atoms with Gasteiger partial charge >= 0.3 is 0 Å². The number of pyridine rings is 1. The van der Waals surface area contributed by atoms with E-state index in [2.05, 4.69) is 10.3 Å². The monoisotopic (exact) mass is 265 g/mol. The van der Waals surface area contributed by atoms with E-state index in [9.17, 15) is 9.90 Å². The standard InChI is InChI=1S/C13H19N3O3/c1-8-11(5-10(14)6-15-8)12(17)16-7-13(18)3-4-19-9(13)2/h5-6,9,18H,3-4,7,14H2,1-2H3,(H,16,17). The third kappa shape index (κ3) is 2.85. The molecule has 6 heteroatoms. The molecule has 0 bridgehead atoms. The van der Waals surface area contributed by atoms with Crippen molar-refractivity contribution in [1.29, 1.82) is 0 Å². The zero-order valence-electron chi connectivity index (χ0n) is 11.1. The minimum Gasteiger partial charge on any atom is -0.397 e. The number of aromatic nitrogens is 1. The molecule has 0 aromatic carbocycles. The minimum absolute atomic E-state index is 0.154. The Morgan fingerprint density at radius 1 is 1.74 bits per heavy atom. The predicted octanol–water partition coefficient (Wildman–Crippen LogP) is 0.242. The maximum atomic E-state index is 12.1. The van der Waals surface area contributed by atoms with Gasteiger partial charge in [0.05, 0.1) is 29.2 Å². The highest BCUT2D eigenvalue weighted by Crippen LogP contribution is 2.24. The first-order valence-corrected chi connectivity index (χ1v) is 6.27. The lowest BCUT2D eigenvalue weighted by molar-refractivity contribution is -0.0251. The molecule has 0 aliphatic carbocycles. The number of ether oxygens (including phenoxy) is 1. The van der Waals surface area contributed by atoms with Crippen LogP contribution < -0.4 is 11.1 Å². The summed E-state index contributed by atoms with van der Waals surface area (Å²) < 4.78 is 5.32. The SMILES string of the molecule is Cc1ncc(N)cc1C(=O)NCC1(O)CCOC1C. The Morgan fingerprint density at radius 2 is 2.47 bits per heavy atom. The van der Waals surface area contributed by atoms with Crippen molar-refractivity contribution in [2.24, 2.45) is 0 Å². The molecule has 2 atom stereocenters. The maximum absolute atomic E-state index is 12.1. The summed E-state index contributed by atoms with van der Waals surface area (Å²) in [5.74, 6) is -0.287. The normalized spacial score (nSPS) is 26.4. The average molecular weight is 265 g/mol. The van der Waals surface area contributed by atoms with Gasteiger partial charge in [-0.15, -0.1) is 0 Å². The zero-order chi connectivity index (χ0) is 14.0. The fourth-order valence-electron chi connectivity index (χ4n) is 2.11. The largest absolute Gasteiger partial charge is 0.397 e. The summed E-state index contributed by atoms with van der Waals surface area (Å²) in [6, 6.07) is 1.58. The number of hydrogen-bond acceptors (Lipinski definition) is 5. The van der Waals surface area contributed by atoms with Gasteiger partial charge in [-0.3, -0.25) is 9.78 Å². The Bertz CT molecular complexity index is 492. The average Bonchev–Trinajstić information content (AvgIpc) is 2.70. The number of aliphatic hydroxyl groups is 1. The molecule has 1 fully saturated rings. The molecule has 104 valence electrons. The highest BCUT2D eigenvalue weighted by atomic mass is 16.5. The summed E-state index contributed by atoms with van der Waals surface area (Å²) in [5, 5.41) is 13.0. The highest BCUT2D eigenvalue weighted by molar-refractivity contribution is 5.95. The van der Waals surface area contributed by atoms with E-state index in [0.29, 0.717) is 30.0 Å². The summed E-state index contributed by atoms with van der Waals surface area (Å²) in [6.45, 7) is 4.20. The summed E-state index contributed by atoms with van der Waals surface area (Å²) in [7, 11) is 0. The molecule has 2 heterocycles. The van der Waals surface area contributed by atoms with Crippen LogP contribution in [0.15, 0.2) is 12.3 Å². The summed E-state index contributed by atoms with van der Waals surface area (Å²) in [5.41, 5.74) is 6.09. The number of nitrogen functional groups attached to an aromatic ring is 1. The van der Waals surface area contributed by atoms with Crippen molar-refractivity contribution in [1.82, 2.24) is 10.3 Å². The quantitative estimate of drug-likeness (QED) is 0.727. The second kappa shape index (κ2) is 5.14. The molecule has 6 nitrogen and oxygen atoms in total. The number of nitrogens with zero attached hydrogens (tertiary/aromatic N) is 1. The number of anilines is 1. The lowest BCUT2D eigenvalue weighted by atomic mass is 9.96. The van der Waals surface area contributed by atoms with E-state index in [1.807, 2.05) is 0 Å². The summed E-state index contributed by atoms with van der Waals surface area (Å²) in [6.07, 6.45) is 1.74. The van der Waals surface area contributed by atoms with Gasteiger partial charge in [0, 0.05) is 19.6 Å². The van der Waals surface area contributed by atoms with E-state index < -0.39 is 5.60 Å². The van der Waals surface area contributed by atoms with E-state index in [1.54, 1.807) is 19.9 Å². The molecule has 0 spiro atoms. The molecule has 0 radical (unpaired) electrons. The Labute approximate surface area is 112 Å². The van der Waals surface area contributed by atoms with Crippen LogP contribution in [0, 0.1) is 6.92 Å². The molecule has 1 amide bonds. The van der Waals surface area contributed by atoms with E-state index in [1.165, 1.54) is 6.20 Å². The van der Waals surface area contributed by atoms with E-state index in [0.717, 1.165) is 0 Å². The Balaban J connectivity index is 2.03. The van der Waals surface area contributed by atoms with Crippen LogP contribution in [0.1, 0.15) is 29.4 Å². The molecule has 19 heavy (non-hydrogen) atoms. The van der Waals surface area contributed by atoms with Crippen molar-refractivity contribution >= 4 is 11.6 Å². The van der Waals surface area contributed by atoms with E-state index in [-0.39, 0.29) is 18.6 Å². The predicted molar refractivity (Wildman–Crippen MR) is 70.7 cm³/mol. The van der Waals surface area contributed by atoms with Gasteiger partial charge < -0.3 is 20.9 Å². The number of hydrogen-bond donors (Lipinski definition) is 3. The van der Waals surface area contributed by atoms with Crippen LogP contribution in [0.5, 0.6) is 0 Å². The lowest BCUT2D eigenvalue weighted by Crippen LogP contribution is -2.47. The Kier molecular flexibility index (Phi) is 3.73. The third-order valence-electron chi connectivity index (χ3n) is 3.57. The van der Waals surface area contributed by atoms with Gasteiger partial charge in [-0.2, -0.15) is 0 Å². The van der Waals surface area contributed by atoms with Crippen LogP contribution in [0.3, 0.4) is 0 Å². The van der Waals surface area contributed by atoms with Gasteiger partial charge in [0.15, 0.2) is 0 Å². The fraction of sp³-hybridized carbons (Fsp3) is 0.538. The van der Waals surface area contributed by atoms with Crippen LogP contribution in [0.4, 0.5) is 5.69 Å². The minimum atomic E-state index is -1.00. The molecular weight excluding hydrogens is 246 g/mol. The number of aryl methyl sites for hydroxylation is 1. The summed E-state index contributed by atoms with van der Waals surface area (Å²) in [4.78, 5) is 16.1. The van der Waals surface area contributed by atoms with Crippen LogP contribution in [0.2, 0.25) is 0 Å². The fourth-order valence-corrected chi connectivity index (χ4v) is 2.11. The van der Waals surface area contributed by atoms with E-state index in [4.69, 9.17) is 10.5 Å². The van der Waals surface area contributed by atoms with Gasteiger partial charge in [0.2, 0.25) is 0 Å². The van der Waals surface area contributed by atoms with Crippen molar-refractivity contribution in [3.8, 4) is 0 Å². The number of nitrogens with two attached hydrogens (primary N) is 1. The first-order chi connectivity index (χ1) is 8.92. The second-order valence-electron chi connectivity index (χ2n) is 4.95. The first-order valence-electron chi connectivity index (χ1n) is 6.27. The van der Waals surface area contributed by atoms with Crippen molar-refractivity contribution in [2.45, 2.75) is 32.0 Å². The second-order valence-corrected chi connectivity index (χ2v) is 4.95. The summed E-state index contributed by atoms with van der Waals surface area (Å²) >= 11 is 0. The molecule has 2 unspecified atom stereocenters. The van der Waals surface area contributed by atoms with Crippen LogP contribution in [-0.4, -0.2) is 40.9 Å². The molecule has 1 aliphatic heterocycles. The lowest BCUT2D eigenvalue weighted by Gasteiger charge is -2.26. The first kappa shape index (κ1) is 13.8.